The van der Waals surface area contributed by atoms with E-state index in [1.165, 1.54) is 0 Å². The topological polar surface area (TPSA) is 114 Å². The molecule has 2 aromatic rings. The molecule has 0 bridgehead atoms. The number of phenolic OH excluding ortho intramolecular Hbond substituents is 1. The summed E-state index contributed by atoms with van der Waals surface area (Å²) in [5, 5.41) is 13.4. The highest BCUT2D eigenvalue weighted by molar-refractivity contribution is 5.99. The van der Waals surface area contributed by atoms with Gasteiger partial charge in [0.1, 0.15) is 11.6 Å². The van der Waals surface area contributed by atoms with Gasteiger partial charge in [-0.2, -0.15) is 0 Å². The first kappa shape index (κ1) is 18.0. The highest BCUT2D eigenvalue weighted by atomic mass is 35.5. The Bertz CT molecular complexity index is 745. The van der Waals surface area contributed by atoms with E-state index in [4.69, 9.17) is 11.5 Å². The number of aromatic hydroxyl groups is 1. The zero-order chi connectivity index (χ0) is 16.4. The second-order valence-corrected chi connectivity index (χ2v) is 5.78. The van der Waals surface area contributed by atoms with Crippen LogP contribution < -0.4 is 16.8 Å². The molecule has 1 saturated heterocycles. The van der Waals surface area contributed by atoms with Gasteiger partial charge in [0, 0.05) is 12.1 Å². The molecule has 1 fully saturated rings. The van der Waals surface area contributed by atoms with Crippen molar-refractivity contribution in [3.05, 3.63) is 41.5 Å². The molecule has 6 N–H and O–H groups in total. The van der Waals surface area contributed by atoms with E-state index in [1.807, 2.05) is 12.1 Å². The monoisotopic (exact) mass is 348 g/mol. The SMILES string of the molecule is Cl.NC(=O)c1c(C2CCCNC2)cc(-c2ccccc2O)nc1N. The number of piperidine rings is 1. The maximum atomic E-state index is 11.8. The summed E-state index contributed by atoms with van der Waals surface area (Å²) in [6.07, 6.45) is 1.98. The summed E-state index contributed by atoms with van der Waals surface area (Å²) in [5.74, 6) is -0.182. The normalized spacial score (nSPS) is 17.1. The van der Waals surface area contributed by atoms with Crippen molar-refractivity contribution < 1.29 is 9.90 Å². The Kier molecular flexibility index (Phi) is 5.64. The number of halogens is 1. The van der Waals surface area contributed by atoms with E-state index in [2.05, 4.69) is 10.3 Å². The quantitative estimate of drug-likeness (QED) is 0.677. The van der Waals surface area contributed by atoms with E-state index >= 15 is 0 Å². The Morgan fingerprint density at radius 1 is 1.33 bits per heavy atom. The number of nitrogens with zero attached hydrogens (tertiary/aromatic N) is 1. The molecule has 6 nitrogen and oxygen atoms in total. The smallest absolute Gasteiger partial charge is 0.252 e. The van der Waals surface area contributed by atoms with Crippen molar-refractivity contribution in [2.75, 3.05) is 18.8 Å². The van der Waals surface area contributed by atoms with Gasteiger partial charge in [-0.1, -0.05) is 12.1 Å². The lowest BCUT2D eigenvalue weighted by molar-refractivity contribution is 0.0999. The van der Waals surface area contributed by atoms with Gasteiger partial charge >= 0.3 is 0 Å². The summed E-state index contributed by atoms with van der Waals surface area (Å²) < 4.78 is 0. The first-order valence-corrected chi connectivity index (χ1v) is 7.67. The molecular weight excluding hydrogens is 328 g/mol. The van der Waals surface area contributed by atoms with Gasteiger partial charge in [-0.05, 0) is 49.1 Å². The molecule has 0 radical (unpaired) electrons. The average molecular weight is 349 g/mol. The number of anilines is 1. The van der Waals surface area contributed by atoms with Crippen molar-refractivity contribution >= 4 is 24.1 Å². The fourth-order valence-electron chi connectivity index (χ4n) is 3.12. The zero-order valence-corrected chi connectivity index (χ0v) is 14.0. The fraction of sp³-hybridized carbons (Fsp3) is 0.294. The van der Waals surface area contributed by atoms with Gasteiger partial charge < -0.3 is 21.9 Å². The van der Waals surface area contributed by atoms with E-state index in [9.17, 15) is 9.90 Å². The number of hydrogen-bond donors (Lipinski definition) is 4. The van der Waals surface area contributed by atoms with E-state index in [-0.39, 0.29) is 35.5 Å². The van der Waals surface area contributed by atoms with Crippen LogP contribution in [0.15, 0.2) is 30.3 Å². The molecule has 24 heavy (non-hydrogen) atoms. The third kappa shape index (κ3) is 3.44. The van der Waals surface area contributed by atoms with Crippen LogP contribution in [0.1, 0.15) is 34.7 Å². The van der Waals surface area contributed by atoms with Crippen molar-refractivity contribution in [3.63, 3.8) is 0 Å². The van der Waals surface area contributed by atoms with Crippen LogP contribution in [0.3, 0.4) is 0 Å². The first-order chi connectivity index (χ1) is 11.1. The van der Waals surface area contributed by atoms with Gasteiger partial charge in [-0.3, -0.25) is 4.79 Å². The number of hydrogen-bond acceptors (Lipinski definition) is 5. The predicted molar refractivity (Wildman–Crippen MR) is 96.4 cm³/mol. The second-order valence-electron chi connectivity index (χ2n) is 5.78. The summed E-state index contributed by atoms with van der Waals surface area (Å²) in [6.45, 7) is 1.74. The van der Waals surface area contributed by atoms with Crippen LogP contribution in [0.4, 0.5) is 5.82 Å². The molecule has 1 aromatic heterocycles. The molecule has 7 heteroatoms. The van der Waals surface area contributed by atoms with Crippen LogP contribution in [0.5, 0.6) is 5.75 Å². The van der Waals surface area contributed by atoms with Gasteiger partial charge in [-0.25, -0.2) is 4.98 Å². The second kappa shape index (κ2) is 7.51. The van der Waals surface area contributed by atoms with E-state index in [0.29, 0.717) is 11.3 Å². The highest BCUT2D eigenvalue weighted by Gasteiger charge is 2.24. The van der Waals surface area contributed by atoms with Crippen LogP contribution in [0.2, 0.25) is 0 Å². The molecule has 1 amide bonds. The fourth-order valence-corrected chi connectivity index (χ4v) is 3.12. The minimum Gasteiger partial charge on any atom is -0.507 e. The third-order valence-corrected chi connectivity index (χ3v) is 4.24. The minimum atomic E-state index is -0.570. The number of phenols is 1. The molecular formula is C17H21ClN4O2. The number of carbonyl (C=O) groups is 1. The van der Waals surface area contributed by atoms with Gasteiger partial charge in [0.05, 0.1) is 11.3 Å². The van der Waals surface area contributed by atoms with Gasteiger partial charge in [0.15, 0.2) is 0 Å². The Hall–Kier alpha value is -2.31. The molecule has 0 aliphatic carbocycles. The molecule has 1 aliphatic rings. The lowest BCUT2D eigenvalue weighted by Crippen LogP contribution is -2.30. The number of rotatable bonds is 3. The van der Waals surface area contributed by atoms with Gasteiger partial charge in [-0.15, -0.1) is 12.4 Å². The molecule has 1 aliphatic heterocycles. The average Bonchev–Trinajstić information content (AvgIpc) is 2.55. The summed E-state index contributed by atoms with van der Waals surface area (Å²) in [5.41, 5.74) is 13.7. The number of nitrogen functional groups attached to an aromatic ring is 1. The summed E-state index contributed by atoms with van der Waals surface area (Å²) in [4.78, 5) is 16.1. The van der Waals surface area contributed by atoms with Crippen molar-refractivity contribution in [2.45, 2.75) is 18.8 Å². The van der Waals surface area contributed by atoms with E-state index in [0.717, 1.165) is 31.5 Å². The lowest BCUT2D eigenvalue weighted by atomic mass is 9.87. The zero-order valence-electron chi connectivity index (χ0n) is 13.2. The maximum absolute atomic E-state index is 11.8. The number of nitrogens with one attached hydrogen (secondary N) is 1. The lowest BCUT2D eigenvalue weighted by Gasteiger charge is -2.25. The van der Waals surface area contributed by atoms with Crippen LogP contribution in [0.25, 0.3) is 11.3 Å². The number of pyridine rings is 1. The number of para-hydroxylation sites is 1. The van der Waals surface area contributed by atoms with Crippen molar-refractivity contribution in [1.82, 2.24) is 10.3 Å². The van der Waals surface area contributed by atoms with Gasteiger partial charge in [0.25, 0.3) is 5.91 Å². The first-order valence-electron chi connectivity index (χ1n) is 7.67. The number of nitrogens with two attached hydrogens (primary N) is 2. The Morgan fingerprint density at radius 2 is 2.08 bits per heavy atom. The van der Waals surface area contributed by atoms with E-state index < -0.39 is 5.91 Å². The van der Waals surface area contributed by atoms with Crippen molar-refractivity contribution in [2.24, 2.45) is 5.73 Å². The number of primary amides is 1. The van der Waals surface area contributed by atoms with Crippen molar-refractivity contribution in [1.29, 1.82) is 0 Å². The molecule has 1 atom stereocenters. The molecule has 0 saturated carbocycles. The molecule has 3 rings (SSSR count). The largest absolute Gasteiger partial charge is 0.507 e. The van der Waals surface area contributed by atoms with Crippen LogP contribution in [0, 0.1) is 0 Å². The number of amides is 1. The third-order valence-electron chi connectivity index (χ3n) is 4.24. The standard InChI is InChI=1S/C17H20N4O2.ClH/c18-16-15(17(19)23)12(10-4-3-7-20-9-10)8-13(21-16)11-5-1-2-6-14(11)22;/h1-2,5-6,8,10,20,22H,3-4,7,9H2,(H2,18,21)(H2,19,23);1H. The highest BCUT2D eigenvalue weighted by Crippen LogP contribution is 2.34. The molecule has 1 unspecified atom stereocenters. The summed E-state index contributed by atoms with van der Waals surface area (Å²) in [6, 6.07) is 8.74. The Morgan fingerprint density at radius 3 is 2.71 bits per heavy atom. The number of carbonyl (C=O) groups excluding carboxylic acids is 1. The van der Waals surface area contributed by atoms with Crippen LogP contribution >= 0.6 is 12.4 Å². The summed E-state index contributed by atoms with van der Waals surface area (Å²) >= 11 is 0. The minimum absolute atomic E-state index is 0. The molecule has 2 heterocycles. The molecule has 128 valence electrons. The molecule has 1 aromatic carbocycles. The Labute approximate surface area is 146 Å². The number of benzene rings is 1. The van der Waals surface area contributed by atoms with Crippen LogP contribution in [-0.2, 0) is 0 Å². The van der Waals surface area contributed by atoms with Crippen LogP contribution in [-0.4, -0.2) is 29.1 Å². The molecule has 0 spiro atoms. The summed E-state index contributed by atoms with van der Waals surface area (Å²) in [7, 11) is 0. The number of aromatic nitrogens is 1. The van der Waals surface area contributed by atoms with Crippen molar-refractivity contribution in [3.8, 4) is 17.0 Å². The van der Waals surface area contributed by atoms with E-state index in [1.54, 1.807) is 18.2 Å². The predicted octanol–water partition coefficient (Wildman–Crippen LogP) is 2.02. The van der Waals surface area contributed by atoms with Gasteiger partial charge in [0.2, 0.25) is 0 Å². The maximum Gasteiger partial charge on any atom is 0.252 e. The Balaban J connectivity index is 0.00000208.